The maximum atomic E-state index is 12.5. The van der Waals surface area contributed by atoms with Crippen LogP contribution in [-0.2, 0) is 17.1 Å². The first-order chi connectivity index (χ1) is 9.22. The molecule has 108 valence electrons. The van der Waals surface area contributed by atoms with Crippen LogP contribution in [0.2, 0.25) is 0 Å². The molecule has 0 radical (unpaired) electrons. The van der Waals surface area contributed by atoms with Gasteiger partial charge in [0.1, 0.15) is 4.90 Å². The number of sulfonamides is 1. The van der Waals surface area contributed by atoms with Crippen LogP contribution >= 0.6 is 0 Å². The van der Waals surface area contributed by atoms with Crippen molar-refractivity contribution >= 4 is 15.7 Å². The molecule has 1 heterocycles. The van der Waals surface area contributed by atoms with Gasteiger partial charge in [0.15, 0.2) is 0 Å². The number of nitrogens with one attached hydrogen (secondary N) is 1. The van der Waals surface area contributed by atoms with Crippen LogP contribution in [0.1, 0.15) is 22.5 Å². The van der Waals surface area contributed by atoms with Crippen LogP contribution in [0.25, 0.3) is 0 Å². The third-order valence-corrected chi connectivity index (χ3v) is 4.95. The van der Waals surface area contributed by atoms with Crippen molar-refractivity contribution in [2.75, 3.05) is 4.72 Å². The molecule has 2 aromatic rings. The summed E-state index contributed by atoms with van der Waals surface area (Å²) in [6, 6.07) is 5.61. The van der Waals surface area contributed by atoms with E-state index in [2.05, 4.69) is 9.82 Å². The summed E-state index contributed by atoms with van der Waals surface area (Å²) in [5.41, 5.74) is 3.72. The van der Waals surface area contributed by atoms with E-state index in [1.54, 1.807) is 31.6 Å². The van der Waals surface area contributed by atoms with Crippen molar-refractivity contribution in [3.63, 3.8) is 0 Å². The zero-order valence-corrected chi connectivity index (χ0v) is 13.2. The first-order valence-corrected chi connectivity index (χ1v) is 7.81. The van der Waals surface area contributed by atoms with E-state index in [4.69, 9.17) is 0 Å². The Morgan fingerprint density at radius 3 is 2.30 bits per heavy atom. The molecule has 0 fully saturated rings. The minimum absolute atomic E-state index is 0.250. The molecule has 0 spiro atoms. The lowest BCUT2D eigenvalue weighted by Gasteiger charge is -2.11. The number of benzene rings is 1. The minimum atomic E-state index is -3.62. The second-order valence-corrected chi connectivity index (χ2v) is 6.67. The predicted octanol–water partition coefficient (Wildman–Crippen LogP) is 2.45. The van der Waals surface area contributed by atoms with Crippen molar-refractivity contribution in [2.24, 2.45) is 7.05 Å². The quantitative estimate of drug-likeness (QED) is 0.945. The van der Waals surface area contributed by atoms with Gasteiger partial charge >= 0.3 is 0 Å². The lowest BCUT2D eigenvalue weighted by atomic mass is 10.1. The smallest absolute Gasteiger partial charge is 0.265 e. The van der Waals surface area contributed by atoms with Gasteiger partial charge in [-0.25, -0.2) is 8.42 Å². The van der Waals surface area contributed by atoms with Gasteiger partial charge in [-0.05, 0) is 39.3 Å². The monoisotopic (exact) mass is 293 g/mol. The highest BCUT2D eigenvalue weighted by molar-refractivity contribution is 7.92. The Morgan fingerprint density at radius 2 is 1.80 bits per heavy atom. The number of hydrogen-bond donors (Lipinski definition) is 1. The van der Waals surface area contributed by atoms with E-state index in [-0.39, 0.29) is 4.90 Å². The summed E-state index contributed by atoms with van der Waals surface area (Å²) in [7, 11) is -1.89. The van der Waals surface area contributed by atoms with Gasteiger partial charge in [0.05, 0.1) is 17.1 Å². The highest BCUT2D eigenvalue weighted by atomic mass is 32.2. The molecule has 6 heteroatoms. The molecule has 1 aromatic carbocycles. The summed E-state index contributed by atoms with van der Waals surface area (Å²) in [4.78, 5) is 0.250. The first kappa shape index (κ1) is 14.6. The van der Waals surface area contributed by atoms with Crippen LogP contribution in [0.3, 0.4) is 0 Å². The summed E-state index contributed by atoms with van der Waals surface area (Å²) in [6.07, 6.45) is 0. The van der Waals surface area contributed by atoms with Crippen LogP contribution in [0.4, 0.5) is 5.69 Å². The summed E-state index contributed by atoms with van der Waals surface area (Å²) >= 11 is 0. The van der Waals surface area contributed by atoms with Crippen molar-refractivity contribution in [3.05, 3.63) is 40.7 Å². The molecule has 0 atom stereocenters. The molecule has 0 saturated carbocycles. The number of hydrogen-bond acceptors (Lipinski definition) is 3. The molecule has 2 rings (SSSR count). The molecular formula is C14H19N3O2S. The Kier molecular flexibility index (Phi) is 3.60. The van der Waals surface area contributed by atoms with Gasteiger partial charge in [-0.2, -0.15) is 5.10 Å². The summed E-state index contributed by atoms with van der Waals surface area (Å²) in [6.45, 7) is 7.30. The van der Waals surface area contributed by atoms with E-state index in [1.165, 1.54) is 0 Å². The number of anilines is 1. The number of aromatic nitrogens is 2. The lowest BCUT2D eigenvalue weighted by molar-refractivity contribution is 0.599. The molecular weight excluding hydrogens is 274 g/mol. The van der Waals surface area contributed by atoms with E-state index in [0.717, 1.165) is 11.1 Å². The largest absolute Gasteiger partial charge is 0.279 e. The summed E-state index contributed by atoms with van der Waals surface area (Å²) in [5.74, 6) is 0. The molecule has 0 saturated heterocycles. The van der Waals surface area contributed by atoms with Gasteiger partial charge in [-0.3, -0.25) is 9.40 Å². The van der Waals surface area contributed by atoms with Crippen LogP contribution in [0.15, 0.2) is 23.1 Å². The standard InChI is InChI=1S/C14H19N3O2S/c1-9-6-7-13(10(2)8-9)16-20(18,19)14-11(3)15-17(5)12(14)4/h6-8,16H,1-5H3. The fraction of sp³-hybridized carbons (Fsp3) is 0.357. The van der Waals surface area contributed by atoms with E-state index in [0.29, 0.717) is 17.1 Å². The Bertz CT molecular complexity index is 761. The Morgan fingerprint density at radius 1 is 1.15 bits per heavy atom. The second kappa shape index (κ2) is 4.94. The van der Waals surface area contributed by atoms with Crippen LogP contribution in [0, 0.1) is 27.7 Å². The van der Waals surface area contributed by atoms with Gasteiger partial charge in [0, 0.05) is 7.05 Å². The summed E-state index contributed by atoms with van der Waals surface area (Å²) < 4.78 is 29.3. The Labute approximate surface area is 119 Å². The Balaban J connectivity index is 2.46. The molecule has 20 heavy (non-hydrogen) atoms. The topological polar surface area (TPSA) is 64.0 Å². The molecule has 0 aliphatic heterocycles. The fourth-order valence-electron chi connectivity index (χ4n) is 2.27. The molecule has 1 aromatic heterocycles. The molecule has 5 nitrogen and oxygen atoms in total. The molecule has 0 bridgehead atoms. The Hall–Kier alpha value is -1.82. The zero-order chi connectivity index (χ0) is 15.1. The predicted molar refractivity (Wildman–Crippen MR) is 79.4 cm³/mol. The van der Waals surface area contributed by atoms with Crippen LogP contribution in [-0.4, -0.2) is 18.2 Å². The van der Waals surface area contributed by atoms with Gasteiger partial charge in [-0.1, -0.05) is 17.7 Å². The van der Waals surface area contributed by atoms with Crippen molar-refractivity contribution in [1.82, 2.24) is 9.78 Å². The zero-order valence-electron chi connectivity index (χ0n) is 12.4. The van der Waals surface area contributed by atoms with Crippen molar-refractivity contribution in [1.29, 1.82) is 0 Å². The molecule has 0 amide bonds. The van der Waals surface area contributed by atoms with Gasteiger partial charge in [-0.15, -0.1) is 0 Å². The third kappa shape index (κ3) is 2.56. The SMILES string of the molecule is Cc1ccc(NS(=O)(=O)c2c(C)nn(C)c2C)c(C)c1. The van der Waals surface area contributed by atoms with Crippen molar-refractivity contribution in [3.8, 4) is 0 Å². The lowest BCUT2D eigenvalue weighted by Crippen LogP contribution is -2.15. The highest BCUT2D eigenvalue weighted by Gasteiger charge is 2.24. The number of rotatable bonds is 3. The van der Waals surface area contributed by atoms with Crippen molar-refractivity contribution in [2.45, 2.75) is 32.6 Å². The average molecular weight is 293 g/mol. The normalized spacial score (nSPS) is 11.7. The van der Waals surface area contributed by atoms with E-state index in [1.807, 2.05) is 26.0 Å². The van der Waals surface area contributed by atoms with Gasteiger partial charge < -0.3 is 0 Å². The number of aryl methyl sites for hydroxylation is 4. The molecule has 0 aliphatic carbocycles. The van der Waals surface area contributed by atoms with E-state index < -0.39 is 10.0 Å². The maximum Gasteiger partial charge on any atom is 0.265 e. The minimum Gasteiger partial charge on any atom is -0.279 e. The van der Waals surface area contributed by atoms with E-state index >= 15 is 0 Å². The fourth-order valence-corrected chi connectivity index (χ4v) is 3.84. The maximum absolute atomic E-state index is 12.5. The van der Waals surface area contributed by atoms with Gasteiger partial charge in [0.2, 0.25) is 0 Å². The molecule has 1 N–H and O–H groups in total. The van der Waals surface area contributed by atoms with Gasteiger partial charge in [0.25, 0.3) is 10.0 Å². The van der Waals surface area contributed by atoms with E-state index in [9.17, 15) is 8.42 Å². The van der Waals surface area contributed by atoms with Crippen LogP contribution in [0.5, 0.6) is 0 Å². The van der Waals surface area contributed by atoms with Crippen LogP contribution < -0.4 is 4.72 Å². The molecule has 0 unspecified atom stereocenters. The summed E-state index contributed by atoms with van der Waals surface area (Å²) in [5, 5.41) is 4.15. The third-order valence-electron chi connectivity index (χ3n) is 3.34. The highest BCUT2D eigenvalue weighted by Crippen LogP contribution is 2.24. The second-order valence-electron chi connectivity index (χ2n) is 5.05. The average Bonchev–Trinajstić information content (AvgIpc) is 2.57. The first-order valence-electron chi connectivity index (χ1n) is 6.32. The molecule has 0 aliphatic rings. The van der Waals surface area contributed by atoms with Crippen molar-refractivity contribution < 1.29 is 8.42 Å². The number of nitrogens with zero attached hydrogens (tertiary/aromatic N) is 2.